The van der Waals surface area contributed by atoms with Crippen LogP contribution in [0, 0.1) is 12.8 Å². The minimum absolute atomic E-state index is 0.0203. The standard InChI is InChI=1S/C33H44N2O17/c1-19(36)44-17-25-14-24(50-32(34)40)15-27(49-25)52-30-29(48-22(4)39)28(47-21(3)38)26(18-45-20(2)37)51-31(30)43-13-12-42-11-10-35-33(41)46-16-23-8-6-5-7-9-23/h5-9,14-15,24-31H,10-13,16-18H2,1-4H3,(H2,34,40)(H,35,41)/t24-,25+,26-,27+,28+,29-,30-,31-/m0/s1. The molecule has 2 saturated heterocycles. The van der Waals surface area contributed by atoms with Gasteiger partial charge in [-0.05, 0) is 5.56 Å². The maximum absolute atomic E-state index is 12.3. The summed E-state index contributed by atoms with van der Waals surface area (Å²) < 4.78 is 61.0. The third-order valence-electron chi connectivity index (χ3n) is 6.94. The first kappa shape index (κ1) is 41.9. The molecule has 0 aliphatic carbocycles. The van der Waals surface area contributed by atoms with E-state index in [4.69, 9.17) is 57.8 Å². The van der Waals surface area contributed by atoms with E-state index < -0.39 is 91.9 Å². The van der Waals surface area contributed by atoms with Crippen LogP contribution in [0.4, 0.5) is 9.59 Å². The summed E-state index contributed by atoms with van der Waals surface area (Å²) in [7, 11) is 0. The number of amides is 2. The SMILES string of the molecule is CC(=O)OC[C@H]1[CH][C@H](OC(N)=O)[CH][C@@H](O[C@@H]2[C@@H](OCCOCCNC(=O)OCc3ccccc3)O[C@@H](COC(C)=O)[C@@H](OC(C)=O)[C@@H]2OC(C)=O)O1. The number of carbonyl (C=O) groups is 6. The highest BCUT2D eigenvalue weighted by atomic mass is 16.8. The van der Waals surface area contributed by atoms with E-state index in [1.54, 1.807) is 0 Å². The molecule has 0 bridgehead atoms. The number of alkyl carbamates (subject to hydrolysis) is 1. The van der Waals surface area contributed by atoms with Crippen LogP contribution in [0.5, 0.6) is 0 Å². The summed E-state index contributed by atoms with van der Waals surface area (Å²) >= 11 is 0. The Kier molecular flexibility index (Phi) is 17.5. The maximum Gasteiger partial charge on any atom is 0.407 e. The molecule has 1 aromatic carbocycles. The van der Waals surface area contributed by atoms with Crippen LogP contribution in [0.2, 0.25) is 0 Å². The summed E-state index contributed by atoms with van der Waals surface area (Å²) in [6, 6.07) is 9.15. The summed E-state index contributed by atoms with van der Waals surface area (Å²) in [6.45, 7) is 4.00. The Hall–Kier alpha value is -4.56. The summed E-state index contributed by atoms with van der Waals surface area (Å²) in [5.74, 6) is -2.86. The zero-order chi connectivity index (χ0) is 38.0. The summed E-state index contributed by atoms with van der Waals surface area (Å²) in [5, 5.41) is 2.56. The zero-order valence-electron chi connectivity index (χ0n) is 29.1. The quantitative estimate of drug-likeness (QED) is 0.119. The van der Waals surface area contributed by atoms with E-state index in [1.165, 1.54) is 19.8 Å². The predicted molar refractivity (Wildman–Crippen MR) is 171 cm³/mol. The first-order valence-corrected chi connectivity index (χ1v) is 16.2. The molecule has 2 fully saturated rings. The fourth-order valence-electron chi connectivity index (χ4n) is 4.91. The van der Waals surface area contributed by atoms with Crippen molar-refractivity contribution in [1.29, 1.82) is 0 Å². The fraction of sp³-hybridized carbons (Fsp3) is 0.576. The minimum Gasteiger partial charge on any atom is -0.463 e. The molecule has 2 aliphatic rings. The Morgan fingerprint density at radius 1 is 0.731 bits per heavy atom. The lowest BCUT2D eigenvalue weighted by atomic mass is 9.97. The van der Waals surface area contributed by atoms with Gasteiger partial charge in [-0.1, -0.05) is 30.3 Å². The Morgan fingerprint density at radius 2 is 1.40 bits per heavy atom. The molecule has 2 radical (unpaired) electrons. The normalized spacial score (nSPS) is 25.5. The number of hydrogen-bond acceptors (Lipinski definition) is 17. The van der Waals surface area contributed by atoms with Gasteiger partial charge in [-0.15, -0.1) is 0 Å². The molecule has 8 atom stereocenters. The first-order valence-electron chi connectivity index (χ1n) is 16.2. The van der Waals surface area contributed by atoms with Gasteiger partial charge in [-0.25, -0.2) is 9.59 Å². The highest BCUT2D eigenvalue weighted by molar-refractivity contribution is 5.68. The van der Waals surface area contributed by atoms with Gasteiger partial charge < -0.3 is 63.2 Å². The van der Waals surface area contributed by atoms with Crippen LogP contribution in [-0.4, -0.2) is 125 Å². The maximum atomic E-state index is 12.3. The molecule has 3 N–H and O–H groups in total. The van der Waals surface area contributed by atoms with Gasteiger partial charge in [-0.2, -0.15) is 0 Å². The van der Waals surface area contributed by atoms with E-state index in [9.17, 15) is 28.8 Å². The summed E-state index contributed by atoms with van der Waals surface area (Å²) in [5.41, 5.74) is 6.04. The van der Waals surface area contributed by atoms with Gasteiger partial charge in [0.2, 0.25) is 0 Å². The van der Waals surface area contributed by atoms with E-state index in [0.29, 0.717) is 0 Å². The van der Waals surface area contributed by atoms with Crippen molar-refractivity contribution in [3.8, 4) is 0 Å². The van der Waals surface area contributed by atoms with Gasteiger partial charge in [0.05, 0.1) is 26.2 Å². The van der Waals surface area contributed by atoms with Gasteiger partial charge in [0, 0.05) is 40.7 Å². The summed E-state index contributed by atoms with van der Waals surface area (Å²) in [6.07, 6.45) is -9.29. The van der Waals surface area contributed by atoms with Crippen molar-refractivity contribution in [2.24, 2.45) is 5.73 Å². The van der Waals surface area contributed by atoms with E-state index in [-0.39, 0.29) is 39.6 Å². The second kappa shape index (κ2) is 21.7. The summed E-state index contributed by atoms with van der Waals surface area (Å²) in [4.78, 5) is 71.2. The highest BCUT2D eigenvalue weighted by Gasteiger charge is 2.53. The number of ether oxygens (including phenoxy) is 11. The Bertz CT molecular complexity index is 1330. The molecular formula is C33H44N2O17. The van der Waals surface area contributed by atoms with Crippen molar-refractivity contribution in [1.82, 2.24) is 5.32 Å². The largest absolute Gasteiger partial charge is 0.463 e. The van der Waals surface area contributed by atoms with Crippen LogP contribution in [0.3, 0.4) is 0 Å². The van der Waals surface area contributed by atoms with Crippen molar-refractivity contribution in [2.45, 2.75) is 83.5 Å². The van der Waals surface area contributed by atoms with Gasteiger partial charge >= 0.3 is 36.1 Å². The molecule has 288 valence electrons. The Labute approximate surface area is 299 Å². The third-order valence-corrected chi connectivity index (χ3v) is 6.94. The lowest BCUT2D eigenvalue weighted by Gasteiger charge is -2.46. The van der Waals surface area contributed by atoms with Gasteiger partial charge in [0.1, 0.15) is 38.1 Å². The zero-order valence-corrected chi connectivity index (χ0v) is 29.1. The van der Waals surface area contributed by atoms with Crippen molar-refractivity contribution >= 4 is 36.1 Å². The van der Waals surface area contributed by atoms with Crippen LogP contribution in [0.25, 0.3) is 0 Å². The molecule has 0 unspecified atom stereocenters. The molecular weight excluding hydrogens is 696 g/mol. The van der Waals surface area contributed by atoms with Gasteiger partial charge in [0.25, 0.3) is 0 Å². The van der Waals surface area contributed by atoms with Gasteiger partial charge in [-0.3, -0.25) is 19.2 Å². The van der Waals surface area contributed by atoms with Crippen molar-refractivity contribution in [3.05, 3.63) is 48.7 Å². The van der Waals surface area contributed by atoms with Crippen LogP contribution < -0.4 is 11.1 Å². The number of primary amides is 1. The minimum atomic E-state index is -1.43. The average molecular weight is 741 g/mol. The van der Waals surface area contributed by atoms with Crippen LogP contribution >= 0.6 is 0 Å². The van der Waals surface area contributed by atoms with E-state index in [2.05, 4.69) is 5.32 Å². The third kappa shape index (κ3) is 15.4. The molecule has 19 nitrogen and oxygen atoms in total. The van der Waals surface area contributed by atoms with Crippen molar-refractivity contribution < 1.29 is 80.9 Å². The lowest BCUT2D eigenvalue weighted by molar-refractivity contribution is -0.338. The predicted octanol–water partition coefficient (Wildman–Crippen LogP) is 0.643. The lowest BCUT2D eigenvalue weighted by Crippen LogP contribution is -2.63. The van der Waals surface area contributed by atoms with E-state index in [1.807, 2.05) is 30.3 Å². The van der Waals surface area contributed by atoms with Crippen molar-refractivity contribution in [3.63, 3.8) is 0 Å². The Balaban J connectivity index is 1.72. The van der Waals surface area contributed by atoms with Gasteiger partial charge in [0.15, 0.2) is 30.9 Å². The number of nitrogens with one attached hydrogen (secondary N) is 1. The average Bonchev–Trinajstić information content (AvgIpc) is 3.07. The number of nitrogens with two attached hydrogens (primary N) is 1. The molecule has 0 spiro atoms. The number of esters is 4. The number of hydrogen-bond donors (Lipinski definition) is 2. The first-order chi connectivity index (χ1) is 24.8. The highest BCUT2D eigenvalue weighted by Crippen LogP contribution is 2.33. The second-order valence-corrected chi connectivity index (χ2v) is 11.2. The number of benzene rings is 1. The molecule has 52 heavy (non-hydrogen) atoms. The molecule has 2 aliphatic heterocycles. The monoisotopic (exact) mass is 740 g/mol. The molecule has 3 rings (SSSR count). The Morgan fingerprint density at radius 3 is 2.06 bits per heavy atom. The van der Waals surface area contributed by atoms with Crippen LogP contribution in [0.1, 0.15) is 33.3 Å². The second-order valence-electron chi connectivity index (χ2n) is 11.2. The van der Waals surface area contributed by atoms with Crippen molar-refractivity contribution in [2.75, 3.05) is 39.6 Å². The smallest absolute Gasteiger partial charge is 0.407 e. The van der Waals surface area contributed by atoms with Crippen LogP contribution in [-0.2, 0) is 77.9 Å². The molecule has 2 amide bonds. The molecule has 0 saturated carbocycles. The van der Waals surface area contributed by atoms with Crippen LogP contribution in [0.15, 0.2) is 30.3 Å². The molecule has 19 heteroatoms. The molecule has 0 aromatic heterocycles. The van der Waals surface area contributed by atoms with E-state index in [0.717, 1.165) is 26.3 Å². The molecule has 1 aromatic rings. The number of carbonyl (C=O) groups excluding carboxylic acids is 6. The number of rotatable bonds is 18. The topological polar surface area (TPSA) is 242 Å². The van der Waals surface area contributed by atoms with E-state index >= 15 is 0 Å². The fourth-order valence-corrected chi connectivity index (χ4v) is 4.91. The molecule has 2 heterocycles.